The molecule has 0 fully saturated rings. The molecule has 124 valence electrons. The average molecular weight is 339 g/mol. The van der Waals surface area contributed by atoms with Crippen molar-refractivity contribution in [1.29, 1.82) is 0 Å². The Hall–Kier alpha value is -2.15. The van der Waals surface area contributed by atoms with E-state index >= 15 is 0 Å². The number of carbonyl (C=O) groups excluding carboxylic acids is 1. The van der Waals surface area contributed by atoms with Gasteiger partial charge in [0.25, 0.3) is 5.56 Å². The number of aryl methyl sites for hydroxylation is 2. The fourth-order valence-corrected chi connectivity index (χ4v) is 2.63. The Morgan fingerprint density at radius 1 is 1.30 bits per heavy atom. The maximum Gasteiger partial charge on any atom is 0.332 e. The van der Waals surface area contributed by atoms with E-state index < -0.39 is 11.2 Å². The van der Waals surface area contributed by atoms with Crippen LogP contribution in [0.2, 0.25) is 0 Å². The molecule has 1 amide bonds. The Morgan fingerprint density at radius 2 is 2.00 bits per heavy atom. The van der Waals surface area contributed by atoms with Gasteiger partial charge >= 0.3 is 5.69 Å². The third-order valence-corrected chi connectivity index (χ3v) is 3.84. The van der Waals surface area contributed by atoms with Gasteiger partial charge in [-0.05, 0) is 12.0 Å². The zero-order chi connectivity index (χ0) is 17.1. The molecule has 2 heterocycles. The van der Waals surface area contributed by atoms with E-state index in [9.17, 15) is 14.4 Å². The highest BCUT2D eigenvalue weighted by Gasteiger charge is 2.18. The normalized spacial score (nSPS) is 11.0. The molecule has 0 radical (unpaired) electrons. The molecular weight excluding hydrogens is 320 g/mol. The highest BCUT2D eigenvalue weighted by atomic mass is 35.5. The van der Waals surface area contributed by atoms with Gasteiger partial charge in [-0.25, -0.2) is 9.78 Å². The van der Waals surface area contributed by atoms with Gasteiger partial charge in [-0.1, -0.05) is 13.3 Å². The van der Waals surface area contributed by atoms with Gasteiger partial charge in [-0.2, -0.15) is 0 Å². The summed E-state index contributed by atoms with van der Waals surface area (Å²) in [5.41, 5.74) is 0.493. The van der Waals surface area contributed by atoms with Crippen molar-refractivity contribution in [2.45, 2.75) is 26.2 Å². The molecule has 0 bridgehead atoms. The van der Waals surface area contributed by atoms with Crippen LogP contribution in [-0.2, 0) is 25.3 Å². The van der Waals surface area contributed by atoms with Crippen molar-refractivity contribution in [3.63, 3.8) is 0 Å². The highest BCUT2D eigenvalue weighted by Crippen LogP contribution is 2.24. The van der Waals surface area contributed by atoms with Crippen molar-refractivity contribution in [2.24, 2.45) is 14.1 Å². The second-order valence-corrected chi connectivity index (χ2v) is 5.68. The fraction of sp³-hybridized carbons (Fsp3) is 0.467. The number of anilines is 1. The minimum Gasteiger partial charge on any atom is -0.325 e. The van der Waals surface area contributed by atoms with Crippen LogP contribution in [-0.4, -0.2) is 25.9 Å². The Morgan fingerprint density at radius 3 is 2.61 bits per heavy atom. The van der Waals surface area contributed by atoms with Crippen LogP contribution in [0.3, 0.4) is 0 Å². The van der Waals surface area contributed by atoms with Crippen molar-refractivity contribution in [1.82, 2.24) is 14.1 Å². The number of hydrogen-bond acceptors (Lipinski definition) is 4. The number of hydrogen-bond donors (Lipinski definition) is 1. The largest absolute Gasteiger partial charge is 0.332 e. The molecule has 8 heteroatoms. The molecule has 23 heavy (non-hydrogen) atoms. The summed E-state index contributed by atoms with van der Waals surface area (Å²) < 4.78 is 2.31. The van der Waals surface area contributed by atoms with Gasteiger partial charge in [0, 0.05) is 32.6 Å². The fourth-order valence-electron chi connectivity index (χ4n) is 2.46. The van der Waals surface area contributed by atoms with Crippen LogP contribution in [0.5, 0.6) is 0 Å². The summed E-state index contributed by atoms with van der Waals surface area (Å²) >= 11 is 5.60. The van der Waals surface area contributed by atoms with E-state index in [1.54, 1.807) is 13.2 Å². The molecule has 1 N–H and O–H groups in total. The molecule has 0 aliphatic carbocycles. The Labute approximate surface area is 137 Å². The summed E-state index contributed by atoms with van der Waals surface area (Å²) in [5, 5.41) is 3.00. The van der Waals surface area contributed by atoms with E-state index in [0.717, 1.165) is 16.6 Å². The first-order valence-corrected chi connectivity index (χ1v) is 7.89. The molecule has 0 unspecified atom stereocenters. The second kappa shape index (κ2) is 6.95. The van der Waals surface area contributed by atoms with Gasteiger partial charge in [0.15, 0.2) is 5.65 Å². The maximum atomic E-state index is 12.6. The number of nitrogens with one attached hydrogen (secondary N) is 1. The van der Waals surface area contributed by atoms with Crippen LogP contribution in [0, 0.1) is 0 Å². The molecule has 0 spiro atoms. The lowest BCUT2D eigenvalue weighted by molar-refractivity contribution is -0.115. The number of rotatable bonds is 5. The number of aromatic nitrogens is 3. The van der Waals surface area contributed by atoms with Crippen LogP contribution in [0.1, 0.15) is 25.3 Å². The number of halogens is 1. The smallest absolute Gasteiger partial charge is 0.325 e. The number of amides is 1. The molecule has 0 saturated heterocycles. The van der Waals surface area contributed by atoms with Crippen molar-refractivity contribution < 1.29 is 4.79 Å². The van der Waals surface area contributed by atoms with Gasteiger partial charge in [0.05, 0.1) is 5.69 Å². The standard InChI is InChI=1S/C15H19ClN4O3/c1-4-5-9-8-17-13-11(12(9)18-10(21)6-7-16)14(22)20(3)15(23)19(13)2/h8H,4-7H2,1-3H3,(H,17,18,21). The van der Waals surface area contributed by atoms with Gasteiger partial charge in [0.2, 0.25) is 5.91 Å². The molecule has 2 aromatic rings. The SMILES string of the molecule is CCCc1cnc2c(c1NC(=O)CCCl)c(=O)n(C)c(=O)n2C. The predicted molar refractivity (Wildman–Crippen MR) is 90.2 cm³/mol. The average Bonchev–Trinajstić information content (AvgIpc) is 2.52. The molecule has 0 saturated carbocycles. The number of carbonyl (C=O) groups is 1. The highest BCUT2D eigenvalue weighted by molar-refractivity contribution is 6.19. The van der Waals surface area contributed by atoms with Crippen molar-refractivity contribution >= 4 is 34.2 Å². The summed E-state index contributed by atoms with van der Waals surface area (Å²) in [5.74, 6) is -0.0881. The molecule has 2 rings (SSSR count). The van der Waals surface area contributed by atoms with E-state index in [-0.39, 0.29) is 29.2 Å². The third kappa shape index (κ3) is 3.14. The third-order valence-electron chi connectivity index (χ3n) is 3.65. The van der Waals surface area contributed by atoms with Crippen molar-refractivity contribution in [3.8, 4) is 0 Å². The number of alkyl halides is 1. The lowest BCUT2D eigenvalue weighted by Crippen LogP contribution is -2.38. The van der Waals surface area contributed by atoms with Crippen molar-refractivity contribution in [2.75, 3.05) is 11.2 Å². The zero-order valence-corrected chi connectivity index (χ0v) is 14.1. The summed E-state index contributed by atoms with van der Waals surface area (Å²) in [6.45, 7) is 1.99. The first kappa shape index (κ1) is 17.2. The molecule has 7 nitrogen and oxygen atoms in total. The number of fused-ring (bicyclic) bond motifs is 1. The summed E-state index contributed by atoms with van der Waals surface area (Å²) in [6.07, 6.45) is 3.23. The summed E-state index contributed by atoms with van der Waals surface area (Å²) in [4.78, 5) is 40.8. The van der Waals surface area contributed by atoms with Gasteiger partial charge in [-0.15, -0.1) is 11.6 Å². The lowest BCUT2D eigenvalue weighted by atomic mass is 10.1. The molecular formula is C15H19ClN4O3. The minimum atomic E-state index is -0.477. The van der Waals surface area contributed by atoms with E-state index in [4.69, 9.17) is 11.6 Å². The maximum absolute atomic E-state index is 12.6. The summed E-state index contributed by atoms with van der Waals surface area (Å²) in [7, 11) is 2.95. The van der Waals surface area contributed by atoms with Gasteiger partial charge < -0.3 is 5.32 Å². The zero-order valence-electron chi connectivity index (χ0n) is 13.4. The van der Waals surface area contributed by atoms with E-state index in [1.807, 2.05) is 6.92 Å². The Kier molecular flexibility index (Phi) is 5.20. The minimum absolute atomic E-state index is 0.142. The van der Waals surface area contributed by atoms with E-state index in [2.05, 4.69) is 10.3 Å². The monoisotopic (exact) mass is 338 g/mol. The van der Waals surface area contributed by atoms with Gasteiger partial charge in [0.1, 0.15) is 5.39 Å². The van der Waals surface area contributed by atoms with E-state index in [0.29, 0.717) is 12.1 Å². The van der Waals surface area contributed by atoms with Gasteiger partial charge in [-0.3, -0.25) is 18.7 Å². The molecule has 0 atom stereocenters. The first-order chi connectivity index (χ1) is 10.9. The van der Waals surface area contributed by atoms with Crippen molar-refractivity contribution in [3.05, 3.63) is 32.6 Å². The number of pyridine rings is 1. The van der Waals surface area contributed by atoms with E-state index in [1.165, 1.54) is 11.6 Å². The number of nitrogens with zero attached hydrogens (tertiary/aromatic N) is 3. The topological polar surface area (TPSA) is 86.0 Å². The predicted octanol–water partition coefficient (Wildman–Crippen LogP) is 1.15. The first-order valence-electron chi connectivity index (χ1n) is 7.35. The summed E-state index contributed by atoms with van der Waals surface area (Å²) in [6, 6.07) is 0. The lowest BCUT2D eigenvalue weighted by Gasteiger charge is -2.15. The quantitative estimate of drug-likeness (QED) is 0.829. The second-order valence-electron chi connectivity index (χ2n) is 5.30. The van der Waals surface area contributed by atoms with Crippen LogP contribution in [0.25, 0.3) is 11.0 Å². The van der Waals surface area contributed by atoms with Crippen LogP contribution in [0.15, 0.2) is 15.8 Å². The Balaban J connectivity index is 2.82. The molecule has 0 aromatic carbocycles. The van der Waals surface area contributed by atoms with Crippen LogP contribution < -0.4 is 16.6 Å². The van der Waals surface area contributed by atoms with Crippen LogP contribution in [0.4, 0.5) is 5.69 Å². The molecule has 0 aliphatic rings. The Bertz CT molecular complexity index is 870. The van der Waals surface area contributed by atoms with Crippen LogP contribution >= 0.6 is 11.6 Å². The molecule has 2 aromatic heterocycles. The molecule has 0 aliphatic heterocycles.